The van der Waals surface area contributed by atoms with Gasteiger partial charge in [0.15, 0.2) is 11.2 Å². The summed E-state index contributed by atoms with van der Waals surface area (Å²) in [7, 11) is 0. The van der Waals surface area contributed by atoms with Crippen LogP contribution in [-0.4, -0.2) is 50.9 Å². The normalized spacial score (nSPS) is 14.0. The number of anilines is 1. The van der Waals surface area contributed by atoms with Crippen LogP contribution >= 0.6 is 11.3 Å². The number of likely N-dealkylation sites (N-methyl/N-ethyl adjacent to an activating group) is 1. The summed E-state index contributed by atoms with van der Waals surface area (Å²) in [5.74, 6) is -1.05. The van der Waals surface area contributed by atoms with Gasteiger partial charge < -0.3 is 4.74 Å². The number of thiazole rings is 1. The van der Waals surface area contributed by atoms with E-state index in [1.54, 1.807) is 24.4 Å². The number of rotatable bonds is 8. The Morgan fingerprint density at radius 3 is 2.77 bits per heavy atom. The minimum Gasteiger partial charge on any atom is -0.449 e. The largest absolute Gasteiger partial charge is 0.449 e. The zero-order chi connectivity index (χ0) is 27.5. The number of aromatic nitrogens is 2. The van der Waals surface area contributed by atoms with Crippen molar-refractivity contribution >= 4 is 44.9 Å². The van der Waals surface area contributed by atoms with Gasteiger partial charge in [-0.05, 0) is 19.0 Å². The van der Waals surface area contributed by atoms with Crippen molar-refractivity contribution in [3.8, 4) is 11.3 Å². The third kappa shape index (κ3) is 5.50. The lowest BCUT2D eigenvalue weighted by Crippen LogP contribution is -2.35. The topological polar surface area (TPSA) is 128 Å². The number of ether oxygens (including phenoxy) is 1. The number of hydrogen-bond acceptors (Lipinski definition) is 9. The molecule has 200 valence electrons. The lowest BCUT2D eigenvalue weighted by atomic mass is 9.95. The van der Waals surface area contributed by atoms with Crippen molar-refractivity contribution in [2.24, 2.45) is 0 Å². The van der Waals surface area contributed by atoms with E-state index in [9.17, 15) is 19.7 Å². The summed E-state index contributed by atoms with van der Waals surface area (Å²) in [5.41, 5.74) is 3.94. The highest BCUT2D eigenvalue weighted by molar-refractivity contribution is 7.14. The van der Waals surface area contributed by atoms with E-state index in [-0.39, 0.29) is 12.1 Å². The average molecular weight is 546 g/mol. The highest BCUT2D eigenvalue weighted by Crippen LogP contribution is 2.30. The molecule has 10 nitrogen and oxygen atoms in total. The Hall–Kier alpha value is -4.22. The van der Waals surface area contributed by atoms with Gasteiger partial charge in [-0.25, -0.2) is 9.78 Å². The Morgan fingerprint density at radius 2 is 2.00 bits per heavy atom. The first-order chi connectivity index (χ1) is 18.9. The van der Waals surface area contributed by atoms with E-state index in [0.29, 0.717) is 33.9 Å². The Balaban J connectivity index is 1.36. The van der Waals surface area contributed by atoms with Gasteiger partial charge in [-0.15, -0.1) is 11.3 Å². The number of benzene rings is 2. The Bertz CT molecular complexity index is 1570. The molecule has 39 heavy (non-hydrogen) atoms. The lowest BCUT2D eigenvalue weighted by molar-refractivity contribution is -0.384. The standard InChI is InChI=1S/C28H27N5O5S/c1-3-24(26(34)31-28-30-23(16-39-28)17-8-7-9-18(14-17)33(36)37)38-27(35)25-19-10-5-6-11-21(19)29-22-12-13-32(4-2)15-20(22)25/h5-11,14,16,24H,3-4,12-13,15H2,1-2H3,(H,30,31,34). The summed E-state index contributed by atoms with van der Waals surface area (Å²) in [6.45, 7) is 6.17. The van der Waals surface area contributed by atoms with Crippen LogP contribution in [0.25, 0.3) is 22.2 Å². The van der Waals surface area contributed by atoms with Gasteiger partial charge in [-0.3, -0.25) is 30.1 Å². The van der Waals surface area contributed by atoms with Gasteiger partial charge in [-0.2, -0.15) is 0 Å². The number of non-ortho nitro benzene ring substituents is 1. The lowest BCUT2D eigenvalue weighted by Gasteiger charge is -2.29. The molecule has 3 heterocycles. The van der Waals surface area contributed by atoms with Crippen molar-refractivity contribution in [1.82, 2.24) is 14.9 Å². The molecule has 4 aromatic rings. The predicted octanol–water partition coefficient (Wildman–Crippen LogP) is 5.22. The molecule has 0 bridgehead atoms. The number of hydrogen-bond donors (Lipinski definition) is 1. The number of nitrogens with one attached hydrogen (secondary N) is 1. The van der Waals surface area contributed by atoms with Gasteiger partial charge in [0.05, 0.1) is 21.7 Å². The monoisotopic (exact) mass is 545 g/mol. The van der Waals surface area contributed by atoms with Gasteiger partial charge in [0.2, 0.25) is 0 Å². The van der Waals surface area contributed by atoms with Crippen molar-refractivity contribution in [3.05, 3.63) is 80.8 Å². The summed E-state index contributed by atoms with van der Waals surface area (Å²) in [6.07, 6.45) is -0.0215. The Labute approximate surface area is 228 Å². The number of nitrogens with zero attached hydrogens (tertiary/aromatic N) is 4. The molecule has 5 rings (SSSR count). The first-order valence-corrected chi connectivity index (χ1v) is 13.6. The summed E-state index contributed by atoms with van der Waals surface area (Å²) in [4.78, 5) is 48.8. The predicted molar refractivity (Wildman–Crippen MR) is 149 cm³/mol. The van der Waals surface area contributed by atoms with Crippen molar-refractivity contribution < 1.29 is 19.2 Å². The molecule has 0 fully saturated rings. The third-order valence-corrected chi connectivity index (χ3v) is 7.53. The zero-order valence-corrected chi connectivity index (χ0v) is 22.4. The van der Waals surface area contributed by atoms with Crippen molar-refractivity contribution in [3.63, 3.8) is 0 Å². The molecule has 1 amide bonds. The molecule has 2 aromatic heterocycles. The second-order valence-electron chi connectivity index (χ2n) is 9.18. The number of para-hydroxylation sites is 1. The average Bonchev–Trinajstić information content (AvgIpc) is 3.42. The zero-order valence-electron chi connectivity index (χ0n) is 21.5. The van der Waals surface area contributed by atoms with E-state index >= 15 is 0 Å². The van der Waals surface area contributed by atoms with Crippen LogP contribution in [0.3, 0.4) is 0 Å². The first kappa shape index (κ1) is 26.4. The SMILES string of the molecule is CCC(OC(=O)c1c2c(nc3ccccc13)CCN(CC)C2)C(=O)Nc1nc(-c2cccc([N+](=O)[O-])c2)cs1. The van der Waals surface area contributed by atoms with E-state index in [1.165, 1.54) is 23.5 Å². The molecular weight excluding hydrogens is 518 g/mol. The smallest absolute Gasteiger partial charge is 0.340 e. The van der Waals surface area contributed by atoms with E-state index in [0.717, 1.165) is 36.3 Å². The molecule has 1 atom stereocenters. The van der Waals surface area contributed by atoms with Crippen LogP contribution in [0.5, 0.6) is 0 Å². The number of nitro groups is 1. The number of carbonyl (C=O) groups excluding carboxylic acids is 2. The second kappa shape index (κ2) is 11.3. The van der Waals surface area contributed by atoms with Crippen molar-refractivity contribution in [1.29, 1.82) is 0 Å². The van der Waals surface area contributed by atoms with Gasteiger partial charge in [-0.1, -0.05) is 44.2 Å². The number of esters is 1. The molecule has 11 heteroatoms. The Morgan fingerprint density at radius 1 is 1.18 bits per heavy atom. The van der Waals surface area contributed by atoms with Crippen molar-refractivity contribution in [2.75, 3.05) is 18.4 Å². The quantitative estimate of drug-likeness (QED) is 0.181. The van der Waals surface area contributed by atoms with Crippen LogP contribution in [0.1, 0.15) is 41.9 Å². The summed E-state index contributed by atoms with van der Waals surface area (Å²) < 4.78 is 5.80. The molecule has 1 unspecified atom stereocenters. The third-order valence-electron chi connectivity index (χ3n) is 6.78. The maximum Gasteiger partial charge on any atom is 0.340 e. The molecule has 0 spiro atoms. The number of pyridine rings is 1. The fourth-order valence-corrected chi connectivity index (χ4v) is 5.41. The van der Waals surface area contributed by atoms with Crippen LogP contribution < -0.4 is 5.32 Å². The maximum absolute atomic E-state index is 13.6. The number of fused-ring (bicyclic) bond motifs is 2. The fraction of sp³-hybridized carbons (Fsp3) is 0.286. The summed E-state index contributed by atoms with van der Waals surface area (Å²) >= 11 is 1.19. The van der Waals surface area contributed by atoms with Crippen LogP contribution in [-0.2, 0) is 22.5 Å². The van der Waals surface area contributed by atoms with Gasteiger partial charge >= 0.3 is 5.97 Å². The van der Waals surface area contributed by atoms with E-state index in [1.807, 2.05) is 24.3 Å². The second-order valence-corrected chi connectivity index (χ2v) is 10.0. The van der Waals surface area contributed by atoms with Crippen LogP contribution in [0.15, 0.2) is 53.9 Å². The number of amides is 1. The fourth-order valence-electron chi connectivity index (χ4n) is 4.69. The molecule has 0 saturated carbocycles. The number of carbonyl (C=O) groups is 2. The molecular formula is C28H27N5O5S. The molecule has 0 radical (unpaired) electrons. The van der Waals surface area contributed by atoms with Crippen LogP contribution in [0.4, 0.5) is 10.8 Å². The molecule has 1 aliphatic heterocycles. The first-order valence-electron chi connectivity index (χ1n) is 12.7. The maximum atomic E-state index is 13.6. The highest BCUT2D eigenvalue weighted by atomic mass is 32.1. The minimum atomic E-state index is -1.03. The van der Waals surface area contributed by atoms with E-state index < -0.39 is 22.9 Å². The molecule has 0 saturated heterocycles. The summed E-state index contributed by atoms with van der Waals surface area (Å²) in [5, 5.41) is 16.5. The van der Waals surface area contributed by atoms with Crippen LogP contribution in [0, 0.1) is 10.1 Å². The minimum absolute atomic E-state index is 0.0445. The summed E-state index contributed by atoms with van der Waals surface area (Å²) in [6, 6.07) is 13.6. The Kier molecular flexibility index (Phi) is 7.62. The van der Waals surface area contributed by atoms with E-state index in [4.69, 9.17) is 9.72 Å². The highest BCUT2D eigenvalue weighted by Gasteiger charge is 2.29. The van der Waals surface area contributed by atoms with Gasteiger partial charge in [0.1, 0.15) is 0 Å². The molecule has 2 aromatic carbocycles. The molecule has 0 aliphatic carbocycles. The van der Waals surface area contributed by atoms with Crippen LogP contribution in [0.2, 0.25) is 0 Å². The number of nitro benzene ring substituents is 1. The van der Waals surface area contributed by atoms with Gasteiger partial charge in [0.25, 0.3) is 11.6 Å². The van der Waals surface area contributed by atoms with Gasteiger partial charge in [0, 0.05) is 59.2 Å². The molecule has 1 N–H and O–H groups in total. The van der Waals surface area contributed by atoms with E-state index in [2.05, 4.69) is 22.1 Å². The van der Waals surface area contributed by atoms with Crippen molar-refractivity contribution in [2.45, 2.75) is 39.3 Å². The molecule has 1 aliphatic rings.